The number of anilines is 1. The van der Waals surface area contributed by atoms with E-state index in [1.165, 1.54) is 0 Å². The van der Waals surface area contributed by atoms with Crippen molar-refractivity contribution in [3.8, 4) is 22.0 Å². The van der Waals surface area contributed by atoms with Gasteiger partial charge in [0.2, 0.25) is 0 Å². The number of nitrogen functional groups attached to an aromatic ring is 1. The summed E-state index contributed by atoms with van der Waals surface area (Å²) in [6.45, 7) is 0. The number of benzene rings is 1. The molecule has 0 aliphatic rings. The number of hydrogen-bond acceptors (Lipinski definition) is 4. The van der Waals surface area contributed by atoms with Gasteiger partial charge in [0.05, 0.1) is 5.69 Å². The van der Waals surface area contributed by atoms with Gasteiger partial charge in [-0.15, -0.1) is 11.3 Å². The average molecular weight is 411 g/mol. The van der Waals surface area contributed by atoms with Crippen molar-refractivity contribution in [2.24, 2.45) is 0 Å². The van der Waals surface area contributed by atoms with E-state index in [2.05, 4.69) is 41.8 Å². The Hall–Kier alpha value is -1.24. The lowest BCUT2D eigenvalue weighted by Crippen LogP contribution is -1.86. The number of pyridine rings is 1. The molecule has 0 atom stereocenters. The van der Waals surface area contributed by atoms with Crippen molar-refractivity contribution in [3.63, 3.8) is 0 Å². The third-order valence-corrected chi connectivity index (χ3v) is 4.61. The summed E-state index contributed by atoms with van der Waals surface area (Å²) in [6.07, 6.45) is 1.77. The lowest BCUT2D eigenvalue weighted by molar-refractivity contribution is 1.26. The number of thiazole rings is 1. The van der Waals surface area contributed by atoms with Crippen molar-refractivity contribution in [1.29, 1.82) is 0 Å². The highest BCUT2D eigenvalue weighted by molar-refractivity contribution is 9.11. The van der Waals surface area contributed by atoms with E-state index in [9.17, 15) is 0 Å². The molecule has 6 heteroatoms. The molecule has 0 bridgehead atoms. The van der Waals surface area contributed by atoms with E-state index in [-0.39, 0.29) is 0 Å². The van der Waals surface area contributed by atoms with Crippen LogP contribution in [0.2, 0.25) is 0 Å². The first-order valence-corrected chi connectivity index (χ1v) is 8.23. The van der Waals surface area contributed by atoms with Crippen LogP contribution < -0.4 is 5.73 Å². The molecule has 2 aromatic heterocycles. The molecule has 3 rings (SSSR count). The lowest BCUT2D eigenvalue weighted by Gasteiger charge is -2.00. The van der Waals surface area contributed by atoms with E-state index in [0.29, 0.717) is 0 Å². The van der Waals surface area contributed by atoms with Crippen LogP contribution in [-0.4, -0.2) is 9.97 Å². The standard InChI is InChI=1S/C14H9Br2N3S/c15-9-5-11(16)13(18-6-9)14-19-12(7-20-14)8-1-3-10(17)4-2-8/h1-7H,17H2. The maximum Gasteiger partial charge on any atom is 0.143 e. The second-order valence-corrected chi connectivity index (χ2v) is 6.77. The summed E-state index contributed by atoms with van der Waals surface area (Å²) in [5.41, 5.74) is 9.28. The van der Waals surface area contributed by atoms with Gasteiger partial charge < -0.3 is 5.73 Å². The molecule has 3 aromatic rings. The van der Waals surface area contributed by atoms with E-state index in [1.54, 1.807) is 17.5 Å². The van der Waals surface area contributed by atoms with Crippen LogP contribution in [0.1, 0.15) is 0 Å². The Kier molecular flexibility index (Phi) is 3.87. The molecule has 20 heavy (non-hydrogen) atoms. The Labute approximate surface area is 137 Å². The average Bonchev–Trinajstić information content (AvgIpc) is 2.89. The van der Waals surface area contributed by atoms with Gasteiger partial charge in [0.1, 0.15) is 10.7 Å². The Balaban J connectivity index is 1.99. The largest absolute Gasteiger partial charge is 0.399 e. The molecule has 0 unspecified atom stereocenters. The van der Waals surface area contributed by atoms with Crippen LogP contribution in [0.5, 0.6) is 0 Å². The van der Waals surface area contributed by atoms with Gasteiger partial charge in [-0.2, -0.15) is 0 Å². The van der Waals surface area contributed by atoms with E-state index < -0.39 is 0 Å². The number of hydrogen-bond donors (Lipinski definition) is 1. The van der Waals surface area contributed by atoms with Crippen molar-refractivity contribution in [1.82, 2.24) is 9.97 Å². The highest BCUT2D eigenvalue weighted by atomic mass is 79.9. The van der Waals surface area contributed by atoms with Gasteiger partial charge in [0.25, 0.3) is 0 Å². The minimum atomic E-state index is 0.751. The summed E-state index contributed by atoms with van der Waals surface area (Å²) in [7, 11) is 0. The van der Waals surface area contributed by atoms with Crippen molar-refractivity contribution >= 4 is 48.9 Å². The van der Waals surface area contributed by atoms with Crippen LogP contribution in [0.25, 0.3) is 22.0 Å². The fourth-order valence-corrected chi connectivity index (χ4v) is 3.88. The van der Waals surface area contributed by atoms with Gasteiger partial charge in [-0.25, -0.2) is 4.98 Å². The molecule has 1 aromatic carbocycles. The summed E-state index contributed by atoms with van der Waals surface area (Å²) in [4.78, 5) is 9.04. The number of nitrogens with two attached hydrogens (primary N) is 1. The maximum absolute atomic E-state index is 5.70. The second-order valence-electron chi connectivity index (χ2n) is 4.14. The summed E-state index contributed by atoms with van der Waals surface area (Å²) in [6, 6.07) is 9.66. The molecule has 0 spiro atoms. The van der Waals surface area contributed by atoms with Crippen molar-refractivity contribution < 1.29 is 0 Å². The summed E-state index contributed by atoms with van der Waals surface area (Å²) in [5.74, 6) is 0. The van der Waals surface area contributed by atoms with E-state index >= 15 is 0 Å². The van der Waals surface area contributed by atoms with Crippen molar-refractivity contribution in [3.05, 3.63) is 50.9 Å². The maximum atomic E-state index is 5.70. The molecule has 2 N–H and O–H groups in total. The Morgan fingerprint density at radius 2 is 1.85 bits per heavy atom. The molecule has 0 saturated heterocycles. The topological polar surface area (TPSA) is 51.8 Å². The normalized spacial score (nSPS) is 10.7. The van der Waals surface area contributed by atoms with Gasteiger partial charge in [-0.1, -0.05) is 12.1 Å². The third-order valence-electron chi connectivity index (χ3n) is 2.72. The quantitative estimate of drug-likeness (QED) is 0.606. The third kappa shape index (κ3) is 2.77. The molecule has 0 aliphatic heterocycles. The zero-order valence-electron chi connectivity index (χ0n) is 10.2. The van der Waals surface area contributed by atoms with Gasteiger partial charge >= 0.3 is 0 Å². The van der Waals surface area contributed by atoms with Crippen LogP contribution >= 0.6 is 43.2 Å². The number of aromatic nitrogens is 2. The first-order valence-electron chi connectivity index (χ1n) is 5.76. The van der Waals surface area contributed by atoms with E-state index in [4.69, 9.17) is 5.73 Å². The molecule has 0 aliphatic carbocycles. The predicted molar refractivity (Wildman–Crippen MR) is 90.6 cm³/mol. The van der Waals surface area contributed by atoms with Gasteiger partial charge in [-0.05, 0) is 50.1 Å². The zero-order valence-corrected chi connectivity index (χ0v) is 14.2. The molecular formula is C14H9Br2N3S. The fraction of sp³-hybridized carbons (Fsp3) is 0. The van der Waals surface area contributed by atoms with Crippen molar-refractivity contribution in [2.75, 3.05) is 5.73 Å². The molecular weight excluding hydrogens is 402 g/mol. The smallest absolute Gasteiger partial charge is 0.143 e. The molecule has 100 valence electrons. The molecule has 2 heterocycles. The summed E-state index contributed by atoms with van der Waals surface area (Å²) < 4.78 is 1.86. The van der Waals surface area contributed by atoms with Crippen molar-refractivity contribution in [2.45, 2.75) is 0 Å². The van der Waals surface area contributed by atoms with Crippen LogP contribution in [0.3, 0.4) is 0 Å². The van der Waals surface area contributed by atoms with E-state index in [1.807, 2.05) is 35.7 Å². The SMILES string of the molecule is Nc1ccc(-c2csc(-c3ncc(Br)cc3Br)n2)cc1. The Morgan fingerprint density at radius 1 is 1.10 bits per heavy atom. The molecule has 0 amide bonds. The van der Waals surface area contributed by atoms with Crippen LogP contribution in [0.15, 0.2) is 50.9 Å². The van der Waals surface area contributed by atoms with Crippen LogP contribution in [0, 0.1) is 0 Å². The number of halogens is 2. The number of rotatable bonds is 2. The molecule has 0 saturated carbocycles. The monoisotopic (exact) mass is 409 g/mol. The molecule has 3 nitrogen and oxygen atoms in total. The summed E-state index contributed by atoms with van der Waals surface area (Å²) in [5, 5.41) is 2.91. The lowest BCUT2D eigenvalue weighted by atomic mass is 10.1. The first kappa shape index (κ1) is 13.7. The highest BCUT2D eigenvalue weighted by Crippen LogP contribution is 2.33. The summed E-state index contributed by atoms with van der Waals surface area (Å²) >= 11 is 8.48. The van der Waals surface area contributed by atoms with Crippen LogP contribution in [-0.2, 0) is 0 Å². The minimum Gasteiger partial charge on any atom is -0.399 e. The highest BCUT2D eigenvalue weighted by Gasteiger charge is 2.11. The molecule has 0 radical (unpaired) electrons. The molecule has 0 fully saturated rings. The Bertz CT molecular complexity index is 753. The predicted octanol–water partition coefficient (Wildman–Crippen LogP) is 4.98. The first-order chi connectivity index (χ1) is 9.63. The Morgan fingerprint density at radius 3 is 2.55 bits per heavy atom. The zero-order chi connectivity index (χ0) is 14.1. The number of nitrogens with zero attached hydrogens (tertiary/aromatic N) is 2. The minimum absolute atomic E-state index is 0.751. The van der Waals surface area contributed by atoms with Gasteiger partial charge in [0, 0.05) is 31.8 Å². The van der Waals surface area contributed by atoms with Gasteiger partial charge in [0.15, 0.2) is 0 Å². The van der Waals surface area contributed by atoms with Crippen LogP contribution in [0.4, 0.5) is 5.69 Å². The van der Waals surface area contributed by atoms with Gasteiger partial charge in [-0.3, -0.25) is 4.98 Å². The second kappa shape index (κ2) is 5.63. The van der Waals surface area contributed by atoms with E-state index in [0.717, 1.165) is 36.6 Å². The fourth-order valence-electron chi connectivity index (χ4n) is 1.74.